The number of amides is 1. The van der Waals surface area contributed by atoms with Gasteiger partial charge in [0.15, 0.2) is 11.5 Å². The van der Waals surface area contributed by atoms with Gasteiger partial charge in [-0.25, -0.2) is 0 Å². The van der Waals surface area contributed by atoms with Crippen LogP contribution in [-0.2, 0) is 4.79 Å². The molecular weight excluding hydrogens is 384 g/mol. The van der Waals surface area contributed by atoms with Crippen LogP contribution in [-0.4, -0.2) is 39.4 Å². The number of benzene rings is 2. The molecule has 0 fully saturated rings. The average Bonchev–Trinajstić information content (AvgIpc) is 2.71. The molecule has 1 N–H and O–H groups in total. The number of nitrogens with one attached hydrogen (secondary N) is 1. The van der Waals surface area contributed by atoms with Crippen LogP contribution >= 0.6 is 0 Å². The highest BCUT2D eigenvalue weighted by atomic mass is 19.3. The van der Waals surface area contributed by atoms with E-state index in [1.165, 1.54) is 18.2 Å². The maximum absolute atomic E-state index is 12.4. The van der Waals surface area contributed by atoms with Crippen LogP contribution in [0.25, 0.3) is 6.08 Å². The van der Waals surface area contributed by atoms with Crippen molar-refractivity contribution in [1.82, 2.24) is 5.32 Å². The molecule has 0 aromatic heterocycles. The molecule has 0 unspecified atom stereocenters. The van der Waals surface area contributed by atoms with Crippen LogP contribution in [0.3, 0.4) is 0 Å². The van der Waals surface area contributed by atoms with Gasteiger partial charge < -0.3 is 24.3 Å². The van der Waals surface area contributed by atoms with E-state index < -0.39 is 6.61 Å². The first-order valence-electron chi connectivity index (χ1n) is 8.96. The normalized spacial score (nSPS) is 10.8. The first kappa shape index (κ1) is 22.0. The summed E-state index contributed by atoms with van der Waals surface area (Å²) >= 11 is 0. The topological polar surface area (TPSA) is 66.0 Å². The molecule has 1 amide bonds. The van der Waals surface area contributed by atoms with Gasteiger partial charge in [0.2, 0.25) is 5.91 Å². The smallest absolute Gasteiger partial charge is 0.387 e. The molecule has 0 aliphatic carbocycles. The predicted molar refractivity (Wildman–Crippen MR) is 105 cm³/mol. The number of alkyl halides is 2. The Bertz CT molecular complexity index is 809. The molecule has 2 aromatic carbocycles. The van der Waals surface area contributed by atoms with Gasteiger partial charge in [0.25, 0.3) is 0 Å². The maximum atomic E-state index is 12.4. The van der Waals surface area contributed by atoms with Crippen molar-refractivity contribution >= 4 is 12.0 Å². The van der Waals surface area contributed by atoms with Crippen LogP contribution in [0.4, 0.5) is 8.78 Å². The largest absolute Gasteiger partial charge is 0.497 e. The molecule has 156 valence electrons. The molecule has 0 bridgehead atoms. The Morgan fingerprint density at radius 3 is 2.45 bits per heavy atom. The van der Waals surface area contributed by atoms with Crippen molar-refractivity contribution in [1.29, 1.82) is 0 Å². The van der Waals surface area contributed by atoms with E-state index in [0.29, 0.717) is 31.1 Å². The van der Waals surface area contributed by atoms with Crippen LogP contribution in [0, 0.1) is 0 Å². The van der Waals surface area contributed by atoms with Crippen LogP contribution in [0.5, 0.6) is 23.0 Å². The summed E-state index contributed by atoms with van der Waals surface area (Å²) in [6.07, 6.45) is 2.89. The molecule has 8 heteroatoms. The summed E-state index contributed by atoms with van der Waals surface area (Å²) < 4.78 is 45.2. The van der Waals surface area contributed by atoms with E-state index >= 15 is 0 Å². The summed E-state index contributed by atoms with van der Waals surface area (Å²) in [5.74, 6) is 1.22. The zero-order valence-electron chi connectivity index (χ0n) is 16.2. The Hall–Kier alpha value is -3.29. The third kappa shape index (κ3) is 7.69. The van der Waals surface area contributed by atoms with Crippen molar-refractivity contribution in [3.63, 3.8) is 0 Å². The Morgan fingerprint density at radius 1 is 1.07 bits per heavy atom. The second kappa shape index (κ2) is 11.5. The summed E-state index contributed by atoms with van der Waals surface area (Å²) in [4.78, 5) is 11.9. The van der Waals surface area contributed by atoms with E-state index in [4.69, 9.17) is 14.2 Å². The predicted octanol–water partition coefficient (Wildman–Crippen LogP) is 3.90. The van der Waals surface area contributed by atoms with Gasteiger partial charge in [-0.1, -0.05) is 6.07 Å². The van der Waals surface area contributed by atoms with Crippen molar-refractivity contribution in [3.05, 3.63) is 54.1 Å². The number of halogens is 2. The average molecular weight is 407 g/mol. The number of hydrogen-bond donors (Lipinski definition) is 1. The van der Waals surface area contributed by atoms with E-state index in [9.17, 15) is 13.6 Å². The second-order valence-electron chi connectivity index (χ2n) is 5.67. The summed E-state index contributed by atoms with van der Waals surface area (Å²) in [6, 6.07) is 11.6. The quantitative estimate of drug-likeness (QED) is 0.452. The molecule has 2 aromatic rings. The van der Waals surface area contributed by atoms with Gasteiger partial charge >= 0.3 is 6.61 Å². The van der Waals surface area contributed by atoms with Crippen LogP contribution in [0.1, 0.15) is 12.5 Å². The molecule has 0 spiro atoms. The van der Waals surface area contributed by atoms with E-state index in [2.05, 4.69) is 10.1 Å². The lowest BCUT2D eigenvalue weighted by atomic mass is 10.2. The van der Waals surface area contributed by atoms with Crippen molar-refractivity contribution in [2.45, 2.75) is 13.5 Å². The standard InChI is InChI=1S/C21H23F2NO5/c1-3-27-19-14-15(4-10-18(19)29-21(22)23)5-11-20(25)24-12-13-28-17-8-6-16(26-2)7-9-17/h4-11,14,21H,3,12-13H2,1-2H3,(H,24,25)/b11-5+. The highest BCUT2D eigenvalue weighted by molar-refractivity contribution is 5.91. The Labute approximate surface area is 168 Å². The van der Waals surface area contributed by atoms with Crippen LogP contribution in [0.15, 0.2) is 48.5 Å². The fourth-order valence-corrected chi connectivity index (χ4v) is 2.34. The zero-order valence-corrected chi connectivity index (χ0v) is 16.2. The monoisotopic (exact) mass is 407 g/mol. The number of carbonyl (C=O) groups is 1. The molecule has 2 rings (SSSR count). The zero-order chi connectivity index (χ0) is 21.1. The number of ether oxygens (including phenoxy) is 4. The van der Waals surface area contributed by atoms with Gasteiger partial charge in [0.1, 0.15) is 18.1 Å². The highest BCUT2D eigenvalue weighted by Gasteiger charge is 2.11. The van der Waals surface area contributed by atoms with Crippen molar-refractivity contribution in [2.75, 3.05) is 26.9 Å². The van der Waals surface area contributed by atoms with Gasteiger partial charge in [-0.05, 0) is 55.0 Å². The van der Waals surface area contributed by atoms with Gasteiger partial charge in [0, 0.05) is 6.08 Å². The highest BCUT2D eigenvalue weighted by Crippen LogP contribution is 2.30. The van der Waals surface area contributed by atoms with E-state index in [1.54, 1.807) is 50.4 Å². The Balaban J connectivity index is 1.82. The molecule has 0 heterocycles. The fraction of sp³-hybridized carbons (Fsp3) is 0.286. The molecule has 0 aliphatic rings. The van der Waals surface area contributed by atoms with Crippen molar-refractivity contribution in [2.24, 2.45) is 0 Å². The van der Waals surface area contributed by atoms with Crippen LogP contribution in [0.2, 0.25) is 0 Å². The third-order valence-corrected chi connectivity index (χ3v) is 3.64. The Kier molecular flexibility index (Phi) is 8.75. The number of rotatable bonds is 11. The number of hydrogen-bond acceptors (Lipinski definition) is 5. The molecule has 6 nitrogen and oxygen atoms in total. The third-order valence-electron chi connectivity index (χ3n) is 3.64. The summed E-state index contributed by atoms with van der Waals surface area (Å²) in [7, 11) is 1.59. The van der Waals surface area contributed by atoms with Gasteiger partial charge in [-0.3, -0.25) is 4.79 Å². The van der Waals surface area contributed by atoms with Gasteiger partial charge in [-0.15, -0.1) is 0 Å². The molecule has 0 saturated heterocycles. The van der Waals surface area contributed by atoms with Crippen molar-refractivity contribution < 1.29 is 32.5 Å². The number of methoxy groups -OCH3 is 1. The maximum Gasteiger partial charge on any atom is 0.387 e. The van der Waals surface area contributed by atoms with Crippen LogP contribution < -0.4 is 24.3 Å². The number of carbonyl (C=O) groups excluding carboxylic acids is 1. The lowest BCUT2D eigenvalue weighted by Gasteiger charge is -2.11. The summed E-state index contributed by atoms with van der Waals surface area (Å²) in [6.45, 7) is -0.292. The lowest BCUT2D eigenvalue weighted by Crippen LogP contribution is -2.26. The SMILES string of the molecule is CCOc1cc(/C=C/C(=O)NCCOc2ccc(OC)cc2)ccc1OC(F)F. The first-order valence-corrected chi connectivity index (χ1v) is 8.96. The molecular formula is C21H23F2NO5. The van der Waals surface area contributed by atoms with Gasteiger partial charge in [-0.2, -0.15) is 8.78 Å². The summed E-state index contributed by atoms with van der Waals surface area (Å²) in [5, 5.41) is 2.69. The Morgan fingerprint density at radius 2 is 1.79 bits per heavy atom. The fourth-order valence-electron chi connectivity index (χ4n) is 2.34. The molecule has 0 radical (unpaired) electrons. The molecule has 0 aliphatic heterocycles. The second-order valence-corrected chi connectivity index (χ2v) is 5.67. The molecule has 29 heavy (non-hydrogen) atoms. The lowest BCUT2D eigenvalue weighted by molar-refractivity contribution is -0.116. The van der Waals surface area contributed by atoms with E-state index in [-0.39, 0.29) is 17.4 Å². The molecule has 0 atom stereocenters. The molecule has 0 saturated carbocycles. The minimum absolute atomic E-state index is 0.0564. The van der Waals surface area contributed by atoms with Crippen molar-refractivity contribution in [3.8, 4) is 23.0 Å². The van der Waals surface area contributed by atoms with E-state index in [0.717, 1.165) is 5.75 Å². The minimum atomic E-state index is -2.94. The minimum Gasteiger partial charge on any atom is -0.497 e. The van der Waals surface area contributed by atoms with Gasteiger partial charge in [0.05, 0.1) is 20.3 Å². The van der Waals surface area contributed by atoms with E-state index in [1.807, 2.05) is 0 Å². The summed E-state index contributed by atoms with van der Waals surface area (Å²) in [5.41, 5.74) is 0.611. The first-order chi connectivity index (χ1) is 14.0.